The quantitative estimate of drug-likeness (QED) is 0.538. The van der Waals surface area contributed by atoms with Crippen molar-refractivity contribution in [1.29, 1.82) is 0 Å². The van der Waals surface area contributed by atoms with Crippen LogP contribution in [0, 0.1) is 0 Å². The number of rotatable bonds is 7. The summed E-state index contributed by atoms with van der Waals surface area (Å²) in [6.45, 7) is 4.07. The molecule has 0 heterocycles. The van der Waals surface area contributed by atoms with Crippen molar-refractivity contribution in [2.75, 3.05) is 20.8 Å². The highest BCUT2D eigenvalue weighted by Crippen LogP contribution is 2.15. The third kappa shape index (κ3) is 3.57. The molecule has 16 heavy (non-hydrogen) atoms. The van der Waals surface area contributed by atoms with Crippen molar-refractivity contribution in [3.05, 3.63) is 48.6 Å². The second kappa shape index (κ2) is 6.60. The molecule has 0 aromatic heterocycles. The summed E-state index contributed by atoms with van der Waals surface area (Å²) in [4.78, 5) is 0. The van der Waals surface area contributed by atoms with E-state index in [2.05, 4.69) is 6.58 Å². The Hall–Kier alpha value is -0.943. The van der Waals surface area contributed by atoms with E-state index in [4.69, 9.17) is 13.3 Å². The summed E-state index contributed by atoms with van der Waals surface area (Å²) in [5, 5.41) is 0. The van der Waals surface area contributed by atoms with Gasteiger partial charge in [0.05, 0.1) is 6.61 Å². The van der Waals surface area contributed by atoms with Crippen molar-refractivity contribution in [1.82, 2.24) is 0 Å². The van der Waals surface area contributed by atoms with Crippen LogP contribution in [0.1, 0.15) is 5.56 Å². The molecule has 0 radical (unpaired) electrons. The largest absolute Gasteiger partial charge is 0.505 e. The first-order valence-corrected chi connectivity index (χ1v) is 7.08. The smallest absolute Gasteiger partial charge is 0.377 e. The minimum atomic E-state index is -2.58. The molecule has 1 rings (SSSR count). The Morgan fingerprint density at radius 1 is 1.19 bits per heavy atom. The predicted octanol–water partition coefficient (Wildman–Crippen LogP) is 2.20. The zero-order valence-electron chi connectivity index (χ0n) is 9.81. The summed E-state index contributed by atoms with van der Waals surface area (Å²) in [5.74, 6) is 0. The van der Waals surface area contributed by atoms with E-state index in [-0.39, 0.29) is 0 Å². The van der Waals surface area contributed by atoms with Gasteiger partial charge in [-0.05, 0) is 5.56 Å². The maximum absolute atomic E-state index is 5.66. The number of hydrogen-bond acceptors (Lipinski definition) is 3. The molecule has 88 valence electrons. The van der Waals surface area contributed by atoms with Crippen LogP contribution >= 0.6 is 0 Å². The summed E-state index contributed by atoms with van der Waals surface area (Å²) in [5.41, 5.74) is 1.15. The van der Waals surface area contributed by atoms with Crippen molar-refractivity contribution in [3.63, 3.8) is 0 Å². The molecule has 0 spiro atoms. The average Bonchev–Trinajstić information content (AvgIpc) is 2.36. The third-order valence-corrected chi connectivity index (χ3v) is 5.00. The fourth-order valence-electron chi connectivity index (χ4n) is 1.43. The topological polar surface area (TPSA) is 27.7 Å². The molecule has 4 heteroatoms. The Morgan fingerprint density at radius 3 is 2.31 bits per heavy atom. The van der Waals surface area contributed by atoms with Crippen molar-refractivity contribution in [2.45, 2.75) is 6.04 Å². The van der Waals surface area contributed by atoms with Gasteiger partial charge in [-0.2, -0.15) is 0 Å². The van der Waals surface area contributed by atoms with Gasteiger partial charge in [-0.3, -0.25) is 0 Å². The summed E-state index contributed by atoms with van der Waals surface area (Å²) in [6.07, 6.45) is 1.70. The maximum Gasteiger partial charge on any atom is 0.505 e. The summed E-state index contributed by atoms with van der Waals surface area (Å²) in [7, 11) is 0.677. The molecule has 0 bridgehead atoms. The Balaban J connectivity index is 2.73. The van der Waals surface area contributed by atoms with Gasteiger partial charge in [0.2, 0.25) is 0 Å². The minimum Gasteiger partial charge on any atom is -0.377 e. The van der Waals surface area contributed by atoms with Gasteiger partial charge < -0.3 is 13.3 Å². The van der Waals surface area contributed by atoms with Crippen LogP contribution in [0.2, 0.25) is 0 Å². The Morgan fingerprint density at radius 2 is 1.81 bits per heavy atom. The Labute approximate surface area is 98.0 Å². The summed E-state index contributed by atoms with van der Waals surface area (Å²) >= 11 is 0. The van der Waals surface area contributed by atoms with Crippen LogP contribution in [0.3, 0.4) is 0 Å². The molecule has 0 saturated heterocycles. The average molecular weight is 238 g/mol. The van der Waals surface area contributed by atoms with E-state index in [1.54, 1.807) is 20.3 Å². The number of benzene rings is 1. The zero-order valence-corrected chi connectivity index (χ0v) is 10.8. The van der Waals surface area contributed by atoms with Crippen LogP contribution in [0.25, 0.3) is 0 Å². The van der Waals surface area contributed by atoms with Gasteiger partial charge in [0.25, 0.3) is 0 Å². The lowest BCUT2D eigenvalue weighted by atomic mass is 10.2. The second-order valence-corrected chi connectivity index (χ2v) is 6.18. The lowest BCUT2D eigenvalue weighted by molar-refractivity contribution is 0.109. The molecule has 1 aromatic carbocycles. The monoisotopic (exact) mass is 238 g/mol. The first-order valence-electron chi connectivity index (χ1n) is 5.15. The molecule has 0 atom stereocenters. The van der Waals surface area contributed by atoms with Gasteiger partial charge in [0, 0.05) is 20.3 Å². The molecule has 0 saturated carbocycles. The first-order chi connectivity index (χ1) is 7.76. The van der Waals surface area contributed by atoms with E-state index in [1.165, 1.54) is 0 Å². The van der Waals surface area contributed by atoms with Gasteiger partial charge >= 0.3 is 8.80 Å². The second-order valence-electron chi connectivity index (χ2n) is 3.35. The molecule has 0 unspecified atom stereocenters. The highest BCUT2D eigenvalue weighted by molar-refractivity contribution is 6.60. The maximum atomic E-state index is 5.66. The molecule has 0 aliphatic heterocycles. The van der Waals surface area contributed by atoms with E-state index in [9.17, 15) is 0 Å². The molecule has 0 N–H and O–H groups in total. The van der Waals surface area contributed by atoms with E-state index in [1.807, 2.05) is 30.3 Å². The third-order valence-electron chi connectivity index (χ3n) is 2.31. The van der Waals surface area contributed by atoms with Gasteiger partial charge in [0.1, 0.15) is 0 Å². The van der Waals surface area contributed by atoms with Gasteiger partial charge in [-0.1, -0.05) is 36.4 Å². The molecule has 0 aliphatic rings. The van der Waals surface area contributed by atoms with Gasteiger partial charge in [-0.25, -0.2) is 0 Å². The van der Waals surface area contributed by atoms with Crippen molar-refractivity contribution in [2.24, 2.45) is 0 Å². The molecule has 0 fully saturated rings. The van der Waals surface area contributed by atoms with E-state index < -0.39 is 8.80 Å². The lowest BCUT2D eigenvalue weighted by Crippen LogP contribution is -2.46. The van der Waals surface area contributed by atoms with Crippen LogP contribution in [-0.2, 0) is 19.3 Å². The fraction of sp³-hybridized carbons (Fsp3) is 0.333. The normalized spacial score (nSPS) is 11.4. The van der Waals surface area contributed by atoms with Crippen molar-refractivity contribution >= 4 is 8.80 Å². The van der Waals surface area contributed by atoms with Crippen molar-refractivity contribution < 1.29 is 13.3 Å². The van der Waals surface area contributed by atoms with E-state index in [0.29, 0.717) is 12.7 Å². The summed E-state index contributed by atoms with van der Waals surface area (Å²) in [6, 6.07) is 10.7. The van der Waals surface area contributed by atoms with Crippen molar-refractivity contribution in [3.8, 4) is 0 Å². The number of hydrogen-bond donors (Lipinski definition) is 0. The lowest BCUT2D eigenvalue weighted by Gasteiger charge is -2.25. The van der Waals surface area contributed by atoms with Crippen LogP contribution < -0.4 is 0 Å². The molecule has 3 nitrogen and oxygen atoms in total. The highest BCUT2D eigenvalue weighted by Gasteiger charge is 2.38. The molecule has 0 amide bonds. The minimum absolute atomic E-state index is 0.445. The van der Waals surface area contributed by atoms with Crippen LogP contribution in [0.5, 0.6) is 0 Å². The van der Waals surface area contributed by atoms with E-state index in [0.717, 1.165) is 5.56 Å². The Bertz CT molecular complexity index is 309. The SMILES string of the molecule is C=CCO[Si](Cc1ccccc1)(OC)OC. The van der Waals surface area contributed by atoms with Crippen LogP contribution in [-0.4, -0.2) is 29.6 Å². The highest BCUT2D eigenvalue weighted by atomic mass is 28.4. The fourth-order valence-corrected chi connectivity index (χ4v) is 3.33. The molecule has 1 aromatic rings. The molecular weight excluding hydrogens is 220 g/mol. The van der Waals surface area contributed by atoms with Gasteiger partial charge in [-0.15, -0.1) is 6.58 Å². The standard InChI is InChI=1S/C12H18O3Si/c1-4-10-15-16(13-2,14-3)11-12-8-6-5-7-9-12/h4-9H,1,10-11H2,2-3H3. The van der Waals surface area contributed by atoms with Crippen LogP contribution in [0.15, 0.2) is 43.0 Å². The summed E-state index contributed by atoms with van der Waals surface area (Å²) < 4.78 is 16.5. The first kappa shape index (κ1) is 13.1. The molecular formula is C12H18O3Si. The van der Waals surface area contributed by atoms with Crippen LogP contribution in [0.4, 0.5) is 0 Å². The van der Waals surface area contributed by atoms with E-state index >= 15 is 0 Å². The zero-order chi connectivity index (χ0) is 11.9. The van der Waals surface area contributed by atoms with Gasteiger partial charge in [0.15, 0.2) is 0 Å². The predicted molar refractivity (Wildman–Crippen MR) is 66.1 cm³/mol. The Kier molecular flexibility index (Phi) is 5.41. The molecule has 0 aliphatic carbocycles.